The van der Waals surface area contributed by atoms with Gasteiger partial charge in [0.2, 0.25) is 0 Å². The van der Waals surface area contributed by atoms with Crippen LogP contribution in [0.1, 0.15) is 35.6 Å². The normalized spacial score (nSPS) is 16.6. The Morgan fingerprint density at radius 1 is 1.03 bits per heavy atom. The van der Waals surface area contributed by atoms with Crippen LogP contribution < -0.4 is 4.74 Å². The summed E-state index contributed by atoms with van der Waals surface area (Å²) in [4.78, 5) is 25.4. The second-order valence-electron chi connectivity index (χ2n) is 7.90. The molecule has 0 saturated heterocycles. The van der Waals surface area contributed by atoms with Crippen molar-refractivity contribution in [2.45, 2.75) is 25.4 Å². The molecule has 0 heterocycles. The highest BCUT2D eigenvalue weighted by Gasteiger charge is 2.51. The number of aliphatic hydroxyl groups is 1. The summed E-state index contributed by atoms with van der Waals surface area (Å²) in [6, 6.07) is 14.8. The summed E-state index contributed by atoms with van der Waals surface area (Å²) in [6.45, 7) is 4.11. The summed E-state index contributed by atoms with van der Waals surface area (Å²) in [5.74, 6) is -0.551. The monoisotopic (exact) mass is 436 g/mol. The number of carbonyl (C=O) groups excluding carboxylic acids is 2. The van der Waals surface area contributed by atoms with Crippen LogP contribution in [0.4, 0.5) is 0 Å². The maximum Gasteiger partial charge on any atom is 0.323 e. The molecule has 1 N–H and O–H groups in total. The Balaban J connectivity index is 1.92. The molecule has 1 atom stereocenters. The van der Waals surface area contributed by atoms with E-state index in [0.717, 1.165) is 22.3 Å². The van der Waals surface area contributed by atoms with Gasteiger partial charge in [-0.15, -0.1) is 0 Å². The van der Waals surface area contributed by atoms with E-state index in [9.17, 15) is 14.7 Å². The van der Waals surface area contributed by atoms with Gasteiger partial charge in [0.05, 0.1) is 27.4 Å². The molecule has 0 saturated carbocycles. The van der Waals surface area contributed by atoms with Crippen LogP contribution in [0.5, 0.6) is 5.75 Å². The van der Waals surface area contributed by atoms with Crippen LogP contribution >= 0.6 is 0 Å². The minimum absolute atomic E-state index is 0.126. The molecule has 2 aromatic carbocycles. The molecule has 0 bridgehead atoms. The van der Waals surface area contributed by atoms with Crippen molar-refractivity contribution in [1.29, 1.82) is 0 Å². The van der Waals surface area contributed by atoms with Crippen molar-refractivity contribution in [3.05, 3.63) is 83.4 Å². The van der Waals surface area contributed by atoms with Crippen molar-refractivity contribution in [2.75, 3.05) is 21.3 Å². The lowest BCUT2D eigenvalue weighted by atomic mass is 9.69. The van der Waals surface area contributed by atoms with E-state index in [2.05, 4.69) is 6.58 Å². The van der Waals surface area contributed by atoms with Crippen LogP contribution in [-0.4, -0.2) is 38.4 Å². The first-order chi connectivity index (χ1) is 15.3. The maximum atomic E-state index is 12.7. The van der Waals surface area contributed by atoms with Gasteiger partial charge in [0.25, 0.3) is 0 Å². The molecule has 32 heavy (non-hydrogen) atoms. The lowest BCUT2D eigenvalue weighted by Crippen LogP contribution is -2.45. The zero-order chi connectivity index (χ0) is 23.3. The summed E-state index contributed by atoms with van der Waals surface area (Å²) < 4.78 is 15.1. The average molecular weight is 437 g/mol. The summed E-state index contributed by atoms with van der Waals surface area (Å²) in [7, 11) is 4.12. The van der Waals surface area contributed by atoms with Crippen molar-refractivity contribution in [1.82, 2.24) is 0 Å². The number of benzene rings is 2. The van der Waals surface area contributed by atoms with Crippen molar-refractivity contribution < 1.29 is 28.9 Å². The third-order valence-electron chi connectivity index (χ3n) is 5.83. The Hall–Kier alpha value is -3.38. The number of hydrogen-bond acceptors (Lipinski definition) is 6. The van der Waals surface area contributed by atoms with E-state index < -0.39 is 23.5 Å². The van der Waals surface area contributed by atoms with Crippen LogP contribution in [0, 0.1) is 5.41 Å². The first kappa shape index (κ1) is 23.3. The van der Waals surface area contributed by atoms with Gasteiger partial charge in [-0.1, -0.05) is 54.6 Å². The largest absolute Gasteiger partial charge is 0.497 e. The van der Waals surface area contributed by atoms with Gasteiger partial charge >= 0.3 is 11.9 Å². The lowest BCUT2D eigenvalue weighted by Gasteiger charge is -2.34. The quantitative estimate of drug-likeness (QED) is 0.521. The van der Waals surface area contributed by atoms with Crippen molar-refractivity contribution in [3.63, 3.8) is 0 Å². The van der Waals surface area contributed by atoms with Crippen molar-refractivity contribution in [2.24, 2.45) is 5.41 Å². The Labute approximate surface area is 188 Å². The number of methoxy groups -OCH3 is 3. The van der Waals surface area contributed by atoms with E-state index >= 15 is 0 Å². The molecule has 6 heteroatoms. The van der Waals surface area contributed by atoms with E-state index in [1.54, 1.807) is 31.4 Å². The Morgan fingerprint density at radius 2 is 1.66 bits per heavy atom. The fraction of sp³-hybridized carbons (Fsp3) is 0.308. The molecule has 1 aliphatic carbocycles. The van der Waals surface area contributed by atoms with Gasteiger partial charge in [0.1, 0.15) is 5.75 Å². The molecular weight excluding hydrogens is 408 g/mol. The predicted octanol–water partition coefficient (Wildman–Crippen LogP) is 4.04. The van der Waals surface area contributed by atoms with E-state index in [1.165, 1.54) is 14.2 Å². The average Bonchev–Trinajstić information content (AvgIpc) is 2.82. The summed E-state index contributed by atoms with van der Waals surface area (Å²) in [5.41, 5.74) is 2.52. The Morgan fingerprint density at radius 3 is 2.25 bits per heavy atom. The van der Waals surface area contributed by atoms with E-state index in [0.29, 0.717) is 17.7 Å². The van der Waals surface area contributed by atoms with Crippen LogP contribution in [0.3, 0.4) is 0 Å². The predicted molar refractivity (Wildman–Crippen MR) is 121 cm³/mol. The minimum Gasteiger partial charge on any atom is -0.497 e. The standard InChI is InChI=1S/C26H28O6/c1-17(14-23(27)18-9-11-21(30-2)12-10-18)13-20-16-26(24(28)31-3,25(29)32-4)15-19-7-5-6-8-22(19)20/h5-13,23,27H,1,14-16H2,2-4H3/b20-13-. The van der Waals surface area contributed by atoms with Gasteiger partial charge in [-0.05, 0) is 34.4 Å². The van der Waals surface area contributed by atoms with Gasteiger partial charge in [0, 0.05) is 19.3 Å². The Bertz CT molecular complexity index is 1020. The van der Waals surface area contributed by atoms with Crippen molar-refractivity contribution in [3.8, 4) is 5.75 Å². The minimum atomic E-state index is -1.46. The fourth-order valence-electron chi connectivity index (χ4n) is 4.18. The number of hydrogen-bond donors (Lipinski definition) is 1. The molecule has 6 nitrogen and oxygen atoms in total. The molecule has 1 unspecified atom stereocenters. The second kappa shape index (κ2) is 9.83. The summed E-state index contributed by atoms with van der Waals surface area (Å²) in [5, 5.41) is 10.7. The van der Waals surface area contributed by atoms with Gasteiger partial charge in [-0.25, -0.2) is 0 Å². The summed E-state index contributed by atoms with van der Waals surface area (Å²) in [6.07, 6.45) is 1.70. The zero-order valence-electron chi connectivity index (χ0n) is 18.6. The molecule has 0 spiro atoms. The first-order valence-electron chi connectivity index (χ1n) is 10.3. The molecule has 0 aromatic heterocycles. The van der Waals surface area contributed by atoms with Crippen molar-refractivity contribution >= 4 is 17.5 Å². The third kappa shape index (κ3) is 4.60. The maximum absolute atomic E-state index is 12.7. The van der Waals surface area contributed by atoms with Crippen LogP contribution in [-0.2, 0) is 25.5 Å². The molecule has 3 rings (SSSR count). The van der Waals surface area contributed by atoms with Gasteiger partial charge in [-0.2, -0.15) is 0 Å². The van der Waals surface area contributed by atoms with Gasteiger partial charge in [-0.3, -0.25) is 9.59 Å². The topological polar surface area (TPSA) is 82.1 Å². The number of aliphatic hydroxyl groups excluding tert-OH is 1. The third-order valence-corrected chi connectivity index (χ3v) is 5.83. The zero-order valence-corrected chi connectivity index (χ0v) is 18.6. The highest BCUT2D eigenvalue weighted by molar-refractivity contribution is 6.03. The molecule has 2 aromatic rings. The van der Waals surface area contributed by atoms with Crippen LogP contribution in [0.25, 0.3) is 5.57 Å². The molecule has 0 fully saturated rings. The fourth-order valence-corrected chi connectivity index (χ4v) is 4.18. The number of fused-ring (bicyclic) bond motifs is 1. The summed E-state index contributed by atoms with van der Waals surface area (Å²) >= 11 is 0. The molecule has 168 valence electrons. The van der Waals surface area contributed by atoms with Gasteiger partial charge < -0.3 is 19.3 Å². The SMILES string of the molecule is C=C(/C=C1/CC(C(=O)OC)(C(=O)OC)Cc2ccccc21)CC(O)c1ccc(OC)cc1. The second-order valence-corrected chi connectivity index (χ2v) is 7.90. The molecule has 0 radical (unpaired) electrons. The number of ether oxygens (including phenoxy) is 3. The molecule has 0 amide bonds. The van der Waals surface area contributed by atoms with E-state index in [-0.39, 0.29) is 12.8 Å². The number of esters is 2. The number of allylic oxidation sites excluding steroid dienone is 2. The molecule has 1 aliphatic rings. The first-order valence-corrected chi connectivity index (χ1v) is 10.3. The van der Waals surface area contributed by atoms with Crippen LogP contribution in [0.15, 0.2) is 66.8 Å². The lowest BCUT2D eigenvalue weighted by molar-refractivity contribution is -0.169. The number of rotatable bonds is 7. The molecule has 0 aliphatic heterocycles. The van der Waals surface area contributed by atoms with E-state index in [4.69, 9.17) is 14.2 Å². The smallest absolute Gasteiger partial charge is 0.323 e. The van der Waals surface area contributed by atoms with Crippen LogP contribution in [0.2, 0.25) is 0 Å². The highest BCUT2D eigenvalue weighted by Crippen LogP contribution is 2.44. The Kier molecular flexibility index (Phi) is 7.15. The highest BCUT2D eigenvalue weighted by atomic mass is 16.5. The van der Waals surface area contributed by atoms with Gasteiger partial charge in [0.15, 0.2) is 5.41 Å². The molecular formula is C26H28O6. The van der Waals surface area contributed by atoms with E-state index in [1.807, 2.05) is 30.3 Å². The number of carbonyl (C=O) groups is 2.